The van der Waals surface area contributed by atoms with Crippen LogP contribution in [0.5, 0.6) is 0 Å². The zero-order valence-corrected chi connectivity index (χ0v) is 10.4. The fourth-order valence-electron chi connectivity index (χ4n) is 1.93. The molecule has 0 radical (unpaired) electrons. The van der Waals surface area contributed by atoms with Crippen molar-refractivity contribution in [3.63, 3.8) is 0 Å². The van der Waals surface area contributed by atoms with Crippen molar-refractivity contribution in [1.82, 2.24) is 4.90 Å². The zero-order chi connectivity index (χ0) is 10.7. The largest absolute Gasteiger partial charge is 0.328 e. The van der Waals surface area contributed by atoms with E-state index in [2.05, 4.69) is 11.0 Å². The molecule has 0 unspecified atom stereocenters. The molecule has 1 saturated heterocycles. The topological polar surface area (TPSA) is 29.3 Å². The summed E-state index contributed by atoms with van der Waals surface area (Å²) >= 11 is 7.58. The van der Waals surface area contributed by atoms with Crippen LogP contribution in [0.3, 0.4) is 0 Å². The SMILES string of the molecule is NC1CCN(CCc2ccc(Cl)s2)CC1. The summed E-state index contributed by atoms with van der Waals surface area (Å²) in [6, 6.07) is 4.54. The van der Waals surface area contributed by atoms with Gasteiger partial charge in [-0.25, -0.2) is 0 Å². The molecule has 0 aromatic carbocycles. The highest BCUT2D eigenvalue weighted by Gasteiger charge is 2.15. The van der Waals surface area contributed by atoms with E-state index in [1.165, 1.54) is 4.88 Å². The van der Waals surface area contributed by atoms with Crippen LogP contribution < -0.4 is 5.73 Å². The summed E-state index contributed by atoms with van der Waals surface area (Å²) in [5, 5.41) is 0. The van der Waals surface area contributed by atoms with Crippen LogP contribution in [0, 0.1) is 0 Å². The fourth-order valence-corrected chi connectivity index (χ4v) is 3.01. The van der Waals surface area contributed by atoms with E-state index in [0.717, 1.165) is 43.2 Å². The number of nitrogens with two attached hydrogens (primary N) is 1. The lowest BCUT2D eigenvalue weighted by molar-refractivity contribution is 0.216. The number of hydrogen-bond donors (Lipinski definition) is 1. The molecule has 2 nitrogen and oxygen atoms in total. The summed E-state index contributed by atoms with van der Waals surface area (Å²) in [7, 11) is 0. The van der Waals surface area contributed by atoms with Crippen LogP contribution in [-0.4, -0.2) is 30.6 Å². The highest BCUT2D eigenvalue weighted by Crippen LogP contribution is 2.22. The third-order valence-electron chi connectivity index (χ3n) is 2.94. The molecule has 0 aliphatic carbocycles. The van der Waals surface area contributed by atoms with E-state index in [4.69, 9.17) is 17.3 Å². The Kier molecular flexibility index (Phi) is 4.03. The molecule has 2 heterocycles. The van der Waals surface area contributed by atoms with Gasteiger partial charge in [0.25, 0.3) is 0 Å². The molecular weight excluding hydrogens is 228 g/mol. The fraction of sp³-hybridized carbons (Fsp3) is 0.636. The number of nitrogens with zero attached hydrogens (tertiary/aromatic N) is 1. The van der Waals surface area contributed by atoms with Crippen LogP contribution in [-0.2, 0) is 6.42 Å². The molecule has 84 valence electrons. The monoisotopic (exact) mass is 244 g/mol. The van der Waals surface area contributed by atoms with E-state index in [1.54, 1.807) is 11.3 Å². The van der Waals surface area contributed by atoms with Gasteiger partial charge in [0.15, 0.2) is 0 Å². The first-order chi connectivity index (χ1) is 7.24. The van der Waals surface area contributed by atoms with Gasteiger partial charge < -0.3 is 10.6 Å². The van der Waals surface area contributed by atoms with Gasteiger partial charge in [0.05, 0.1) is 4.34 Å². The molecule has 0 saturated carbocycles. The summed E-state index contributed by atoms with van der Waals surface area (Å²) in [4.78, 5) is 3.88. The summed E-state index contributed by atoms with van der Waals surface area (Å²) in [6.07, 6.45) is 3.41. The van der Waals surface area contributed by atoms with E-state index in [1.807, 2.05) is 6.07 Å². The Labute approximate surface area is 100 Å². The first kappa shape index (κ1) is 11.4. The second-order valence-electron chi connectivity index (χ2n) is 4.13. The van der Waals surface area contributed by atoms with Gasteiger partial charge >= 0.3 is 0 Å². The highest BCUT2D eigenvalue weighted by atomic mass is 35.5. The van der Waals surface area contributed by atoms with Crippen molar-refractivity contribution in [3.8, 4) is 0 Å². The molecule has 1 aliphatic rings. The molecule has 4 heteroatoms. The van der Waals surface area contributed by atoms with Crippen LogP contribution in [0.4, 0.5) is 0 Å². The van der Waals surface area contributed by atoms with Gasteiger partial charge in [-0.15, -0.1) is 11.3 Å². The predicted molar refractivity (Wildman–Crippen MR) is 66.7 cm³/mol. The Morgan fingerprint density at radius 2 is 2.13 bits per heavy atom. The molecule has 1 aliphatic heterocycles. The molecule has 2 N–H and O–H groups in total. The smallest absolute Gasteiger partial charge is 0.0931 e. The minimum absolute atomic E-state index is 0.428. The van der Waals surface area contributed by atoms with Gasteiger partial charge in [-0.1, -0.05) is 11.6 Å². The highest BCUT2D eigenvalue weighted by molar-refractivity contribution is 7.16. The molecule has 15 heavy (non-hydrogen) atoms. The van der Waals surface area contributed by atoms with E-state index in [0.29, 0.717) is 6.04 Å². The quantitative estimate of drug-likeness (QED) is 0.885. The van der Waals surface area contributed by atoms with Gasteiger partial charge in [-0.3, -0.25) is 0 Å². The number of thiophene rings is 1. The zero-order valence-electron chi connectivity index (χ0n) is 8.79. The first-order valence-corrected chi connectivity index (χ1v) is 6.65. The lowest BCUT2D eigenvalue weighted by Gasteiger charge is -2.29. The van der Waals surface area contributed by atoms with Crippen LogP contribution in [0.25, 0.3) is 0 Å². The molecule has 1 fully saturated rings. The van der Waals surface area contributed by atoms with Crippen LogP contribution in [0.2, 0.25) is 4.34 Å². The maximum absolute atomic E-state index is 5.89. The standard InChI is InChI=1S/C11H17ClN2S/c12-11-2-1-10(15-11)5-8-14-6-3-9(13)4-7-14/h1-2,9H,3-8,13H2. The maximum Gasteiger partial charge on any atom is 0.0931 e. The molecule has 1 aromatic rings. The third kappa shape index (κ3) is 3.45. The number of halogens is 1. The Balaban J connectivity index is 1.74. The minimum atomic E-state index is 0.428. The molecule has 1 aromatic heterocycles. The van der Waals surface area contributed by atoms with E-state index in [9.17, 15) is 0 Å². The van der Waals surface area contributed by atoms with Crippen molar-refractivity contribution >= 4 is 22.9 Å². The van der Waals surface area contributed by atoms with E-state index < -0.39 is 0 Å². The Bertz CT molecular complexity index is 305. The minimum Gasteiger partial charge on any atom is -0.328 e. The number of piperidine rings is 1. The van der Waals surface area contributed by atoms with Gasteiger partial charge in [-0.05, 0) is 44.5 Å². The van der Waals surface area contributed by atoms with Crippen molar-refractivity contribution in [3.05, 3.63) is 21.3 Å². The number of rotatable bonds is 3. The van der Waals surface area contributed by atoms with Gasteiger partial charge in [0.1, 0.15) is 0 Å². The average molecular weight is 245 g/mol. The number of hydrogen-bond acceptors (Lipinski definition) is 3. The Morgan fingerprint density at radius 1 is 1.40 bits per heavy atom. The molecular formula is C11H17ClN2S. The second kappa shape index (κ2) is 5.30. The summed E-state index contributed by atoms with van der Waals surface area (Å²) in [6.45, 7) is 3.45. The average Bonchev–Trinajstić information content (AvgIpc) is 2.64. The molecule has 0 atom stereocenters. The van der Waals surface area contributed by atoms with Gasteiger partial charge in [0.2, 0.25) is 0 Å². The van der Waals surface area contributed by atoms with E-state index >= 15 is 0 Å². The Hall–Kier alpha value is -0.0900. The lowest BCUT2D eigenvalue weighted by Crippen LogP contribution is -2.40. The summed E-state index contributed by atoms with van der Waals surface area (Å²) < 4.78 is 0.894. The molecule has 0 bridgehead atoms. The predicted octanol–water partition coefficient (Wildman–Crippen LogP) is 2.37. The third-order valence-corrected chi connectivity index (χ3v) is 4.23. The van der Waals surface area contributed by atoms with Crippen molar-refractivity contribution in [2.45, 2.75) is 25.3 Å². The number of likely N-dealkylation sites (tertiary alicyclic amines) is 1. The van der Waals surface area contributed by atoms with Crippen LogP contribution >= 0.6 is 22.9 Å². The van der Waals surface area contributed by atoms with Crippen molar-refractivity contribution < 1.29 is 0 Å². The normalized spacial score (nSPS) is 19.6. The van der Waals surface area contributed by atoms with Gasteiger partial charge in [-0.2, -0.15) is 0 Å². The lowest BCUT2D eigenvalue weighted by atomic mass is 10.1. The molecule has 0 spiro atoms. The first-order valence-electron chi connectivity index (χ1n) is 5.46. The maximum atomic E-state index is 5.89. The molecule has 0 amide bonds. The van der Waals surface area contributed by atoms with Crippen LogP contribution in [0.15, 0.2) is 12.1 Å². The second-order valence-corrected chi connectivity index (χ2v) is 5.93. The van der Waals surface area contributed by atoms with Gasteiger partial charge in [0, 0.05) is 17.5 Å². The van der Waals surface area contributed by atoms with Crippen LogP contribution in [0.1, 0.15) is 17.7 Å². The van der Waals surface area contributed by atoms with Crippen molar-refractivity contribution in [1.29, 1.82) is 0 Å². The van der Waals surface area contributed by atoms with E-state index in [-0.39, 0.29) is 0 Å². The Morgan fingerprint density at radius 3 is 2.73 bits per heavy atom. The van der Waals surface area contributed by atoms with Crippen molar-refractivity contribution in [2.24, 2.45) is 5.73 Å². The summed E-state index contributed by atoms with van der Waals surface area (Å²) in [5.41, 5.74) is 5.87. The molecule has 2 rings (SSSR count). The van der Waals surface area contributed by atoms with Crippen molar-refractivity contribution in [2.75, 3.05) is 19.6 Å². The summed E-state index contributed by atoms with van der Waals surface area (Å²) in [5.74, 6) is 0.